The van der Waals surface area contributed by atoms with E-state index in [1.165, 1.54) is 0 Å². The van der Waals surface area contributed by atoms with E-state index < -0.39 is 0 Å². The zero-order chi connectivity index (χ0) is 9.26. The average Bonchev–Trinajstić information content (AvgIpc) is 2.16. The fourth-order valence-electron chi connectivity index (χ4n) is 1.50. The van der Waals surface area contributed by atoms with Crippen LogP contribution in [0.25, 0.3) is 12.2 Å². The molecule has 1 aliphatic carbocycles. The maximum absolute atomic E-state index is 11.1. The average molecular weight is 170 g/mol. The molecule has 1 aromatic rings. The number of fused-ring (bicyclic) bond motifs is 1. The van der Waals surface area contributed by atoms with E-state index in [9.17, 15) is 4.79 Å². The van der Waals surface area contributed by atoms with E-state index in [0.717, 1.165) is 16.7 Å². The highest BCUT2D eigenvalue weighted by Gasteiger charge is 2.09. The zero-order valence-electron chi connectivity index (χ0n) is 7.29. The van der Waals surface area contributed by atoms with Crippen molar-refractivity contribution >= 4 is 17.9 Å². The molecule has 0 N–H and O–H groups in total. The highest BCUT2D eigenvalue weighted by atomic mass is 16.1. The first-order valence-electron chi connectivity index (χ1n) is 4.26. The first kappa shape index (κ1) is 7.99. The Morgan fingerprint density at radius 1 is 1.31 bits per heavy atom. The van der Waals surface area contributed by atoms with Gasteiger partial charge in [0, 0.05) is 6.42 Å². The van der Waals surface area contributed by atoms with Gasteiger partial charge in [0.2, 0.25) is 0 Å². The maximum Gasteiger partial charge on any atom is 0.160 e. The molecule has 1 heteroatoms. The molecule has 0 aromatic heterocycles. The van der Waals surface area contributed by atoms with Gasteiger partial charge in [-0.1, -0.05) is 36.9 Å². The molecule has 2 rings (SSSR count). The fraction of sp³-hybridized carbons (Fsp3) is 0.0833. The summed E-state index contributed by atoms with van der Waals surface area (Å²) < 4.78 is 0. The van der Waals surface area contributed by atoms with E-state index in [0.29, 0.717) is 6.42 Å². The summed E-state index contributed by atoms with van der Waals surface area (Å²) in [5.41, 5.74) is 3.32. The van der Waals surface area contributed by atoms with Gasteiger partial charge >= 0.3 is 0 Å². The van der Waals surface area contributed by atoms with Crippen molar-refractivity contribution in [2.24, 2.45) is 0 Å². The van der Waals surface area contributed by atoms with Crippen LogP contribution < -0.4 is 0 Å². The van der Waals surface area contributed by atoms with Crippen LogP contribution in [0.15, 0.2) is 30.9 Å². The molecule has 0 bridgehead atoms. The van der Waals surface area contributed by atoms with Crippen LogP contribution >= 0.6 is 0 Å². The predicted octanol–water partition coefficient (Wildman–Crippen LogP) is 2.47. The van der Waals surface area contributed by atoms with E-state index in [4.69, 9.17) is 0 Å². The van der Waals surface area contributed by atoms with Crippen LogP contribution in [0.5, 0.6) is 0 Å². The minimum absolute atomic E-state index is 0.175. The molecule has 0 saturated carbocycles. The Balaban J connectivity index is 2.52. The van der Waals surface area contributed by atoms with Crippen molar-refractivity contribution in [3.63, 3.8) is 0 Å². The van der Waals surface area contributed by atoms with Crippen LogP contribution in [0.2, 0.25) is 0 Å². The van der Waals surface area contributed by atoms with Crippen LogP contribution in [0.4, 0.5) is 0 Å². The quantitative estimate of drug-likeness (QED) is 0.632. The molecule has 0 aliphatic heterocycles. The van der Waals surface area contributed by atoms with E-state index in [-0.39, 0.29) is 5.78 Å². The molecule has 0 atom stereocenters. The number of allylic oxidation sites excluding steroid dienone is 1. The van der Waals surface area contributed by atoms with Crippen molar-refractivity contribution in [1.82, 2.24) is 0 Å². The lowest BCUT2D eigenvalue weighted by atomic mass is 9.95. The van der Waals surface area contributed by atoms with E-state index in [2.05, 4.69) is 6.58 Å². The van der Waals surface area contributed by atoms with Gasteiger partial charge in [0.1, 0.15) is 0 Å². The lowest BCUT2D eigenvalue weighted by Crippen LogP contribution is -2.05. The topological polar surface area (TPSA) is 17.1 Å². The smallest absolute Gasteiger partial charge is 0.160 e. The monoisotopic (exact) mass is 170 g/mol. The van der Waals surface area contributed by atoms with E-state index >= 15 is 0 Å². The normalized spacial score (nSPS) is 14.0. The van der Waals surface area contributed by atoms with Crippen molar-refractivity contribution in [1.29, 1.82) is 0 Å². The largest absolute Gasteiger partial charge is 0.294 e. The highest BCUT2D eigenvalue weighted by Crippen LogP contribution is 2.19. The number of hydrogen-bond acceptors (Lipinski definition) is 1. The summed E-state index contributed by atoms with van der Waals surface area (Å²) >= 11 is 0. The van der Waals surface area contributed by atoms with Crippen LogP contribution in [0.3, 0.4) is 0 Å². The van der Waals surface area contributed by atoms with Crippen LogP contribution in [0, 0.1) is 0 Å². The zero-order valence-corrected chi connectivity index (χ0v) is 7.29. The molecule has 0 radical (unpaired) electrons. The van der Waals surface area contributed by atoms with Crippen LogP contribution in [0.1, 0.15) is 16.7 Å². The Bertz CT molecular complexity index is 400. The minimum Gasteiger partial charge on any atom is -0.294 e. The van der Waals surface area contributed by atoms with Gasteiger partial charge in [-0.2, -0.15) is 0 Å². The van der Waals surface area contributed by atoms with Gasteiger partial charge in [-0.3, -0.25) is 4.79 Å². The summed E-state index contributed by atoms with van der Waals surface area (Å²) in [6.45, 7) is 3.70. The second-order valence-corrected chi connectivity index (χ2v) is 3.14. The summed E-state index contributed by atoms with van der Waals surface area (Å²) in [6.07, 6.45) is 5.82. The van der Waals surface area contributed by atoms with Gasteiger partial charge in [-0.15, -0.1) is 0 Å². The molecule has 64 valence electrons. The van der Waals surface area contributed by atoms with E-state index in [1.807, 2.05) is 24.3 Å². The summed E-state index contributed by atoms with van der Waals surface area (Å²) in [4.78, 5) is 11.1. The molecular weight excluding hydrogens is 160 g/mol. The number of carbonyl (C=O) groups excluding carboxylic acids is 1. The standard InChI is InChI=1S/C12H10O/c1-2-9-3-4-10-5-6-12(13)8-11(10)7-9/h2-7H,1,8H2. The molecule has 0 amide bonds. The van der Waals surface area contributed by atoms with Crippen molar-refractivity contribution < 1.29 is 4.79 Å². The van der Waals surface area contributed by atoms with Gasteiger partial charge in [0.05, 0.1) is 0 Å². The third-order valence-corrected chi connectivity index (χ3v) is 2.22. The number of benzene rings is 1. The van der Waals surface area contributed by atoms with Gasteiger partial charge < -0.3 is 0 Å². The summed E-state index contributed by atoms with van der Waals surface area (Å²) in [6, 6.07) is 6.05. The van der Waals surface area contributed by atoms with Crippen molar-refractivity contribution in [3.05, 3.63) is 47.5 Å². The summed E-state index contributed by atoms with van der Waals surface area (Å²) in [7, 11) is 0. The lowest BCUT2D eigenvalue weighted by molar-refractivity contribution is -0.114. The Labute approximate surface area is 77.4 Å². The maximum atomic E-state index is 11.1. The number of hydrogen-bond donors (Lipinski definition) is 0. The van der Waals surface area contributed by atoms with Gasteiger partial charge in [-0.25, -0.2) is 0 Å². The number of rotatable bonds is 1. The Morgan fingerprint density at radius 3 is 2.92 bits per heavy atom. The highest BCUT2D eigenvalue weighted by molar-refractivity contribution is 5.98. The predicted molar refractivity (Wildman–Crippen MR) is 54.3 cm³/mol. The molecule has 1 nitrogen and oxygen atoms in total. The van der Waals surface area contributed by atoms with Crippen molar-refractivity contribution in [3.8, 4) is 0 Å². The Morgan fingerprint density at radius 2 is 2.15 bits per heavy atom. The second-order valence-electron chi connectivity index (χ2n) is 3.14. The van der Waals surface area contributed by atoms with Gasteiger partial charge in [0.15, 0.2) is 5.78 Å². The Hall–Kier alpha value is -1.63. The molecule has 1 aromatic carbocycles. The van der Waals surface area contributed by atoms with E-state index in [1.54, 1.807) is 12.2 Å². The minimum atomic E-state index is 0.175. The molecule has 0 spiro atoms. The summed E-state index contributed by atoms with van der Waals surface area (Å²) in [5.74, 6) is 0.175. The third kappa shape index (κ3) is 1.45. The molecule has 13 heavy (non-hydrogen) atoms. The van der Waals surface area contributed by atoms with Crippen LogP contribution in [-0.2, 0) is 11.2 Å². The van der Waals surface area contributed by atoms with Crippen molar-refractivity contribution in [2.45, 2.75) is 6.42 Å². The molecule has 0 fully saturated rings. The number of carbonyl (C=O) groups is 1. The SMILES string of the molecule is C=Cc1ccc2c(c1)CC(=O)C=C2. The molecule has 0 unspecified atom stereocenters. The number of ketones is 1. The second kappa shape index (κ2) is 3.02. The molecule has 0 saturated heterocycles. The lowest BCUT2D eigenvalue weighted by Gasteiger charge is -2.09. The van der Waals surface area contributed by atoms with Gasteiger partial charge in [-0.05, 0) is 22.8 Å². The van der Waals surface area contributed by atoms with Crippen LogP contribution in [-0.4, -0.2) is 5.78 Å². The fourth-order valence-corrected chi connectivity index (χ4v) is 1.50. The third-order valence-electron chi connectivity index (χ3n) is 2.22. The van der Waals surface area contributed by atoms with Crippen molar-refractivity contribution in [2.75, 3.05) is 0 Å². The molecule has 1 aliphatic rings. The molecule has 0 heterocycles. The molecular formula is C12H10O. The first-order valence-corrected chi connectivity index (χ1v) is 4.26. The Kier molecular flexibility index (Phi) is 1.85. The first-order chi connectivity index (χ1) is 6.29. The summed E-state index contributed by atoms with van der Waals surface area (Å²) in [5, 5.41) is 0. The van der Waals surface area contributed by atoms with Gasteiger partial charge in [0.25, 0.3) is 0 Å².